The summed E-state index contributed by atoms with van der Waals surface area (Å²) in [6.45, 7) is 0. The number of hydrogen-bond acceptors (Lipinski definition) is 3. The van der Waals surface area contributed by atoms with Gasteiger partial charge in [-0.05, 0) is 24.3 Å². The molecule has 0 aliphatic heterocycles. The number of benzene rings is 2. The van der Waals surface area contributed by atoms with Gasteiger partial charge in [-0.15, -0.1) is 0 Å². The van der Waals surface area contributed by atoms with Crippen molar-refractivity contribution in [2.24, 2.45) is 0 Å². The maximum Gasteiger partial charge on any atom is 0.339 e. The lowest BCUT2D eigenvalue weighted by Crippen LogP contribution is -2.02. The number of aromatic amines is 1. The molecule has 6 heteroatoms. The van der Waals surface area contributed by atoms with Crippen LogP contribution in [0.25, 0.3) is 11.0 Å². The maximum absolute atomic E-state index is 13.6. The summed E-state index contributed by atoms with van der Waals surface area (Å²) in [6.07, 6.45) is 0. The average molecular weight is 288 g/mol. The lowest BCUT2D eigenvalue weighted by molar-refractivity contribution is 0.0688. The molecule has 2 aromatic carbocycles. The standard InChI is InChI=1S/C14H9FN2O2S/c15-8-4-3-7-11(12(8)13(18)19)20-14-16-9-5-1-2-6-10(9)17-14/h1-7H,(H,16,17)(H,18,19). The van der Waals surface area contributed by atoms with E-state index < -0.39 is 11.8 Å². The van der Waals surface area contributed by atoms with Crippen molar-refractivity contribution in [1.82, 2.24) is 9.97 Å². The molecule has 4 nitrogen and oxygen atoms in total. The van der Waals surface area contributed by atoms with E-state index in [2.05, 4.69) is 9.97 Å². The molecule has 1 aromatic heterocycles. The number of fused-ring (bicyclic) bond motifs is 1. The Balaban J connectivity index is 2.02. The molecule has 1 heterocycles. The number of hydrogen-bond donors (Lipinski definition) is 2. The van der Waals surface area contributed by atoms with E-state index in [0.717, 1.165) is 28.9 Å². The Hall–Kier alpha value is -2.34. The zero-order valence-corrected chi connectivity index (χ0v) is 10.9. The van der Waals surface area contributed by atoms with Crippen molar-refractivity contribution >= 4 is 28.8 Å². The van der Waals surface area contributed by atoms with Gasteiger partial charge in [-0.3, -0.25) is 0 Å². The van der Waals surface area contributed by atoms with Gasteiger partial charge in [0, 0.05) is 4.90 Å². The summed E-state index contributed by atoms with van der Waals surface area (Å²) in [5.41, 5.74) is 1.30. The van der Waals surface area contributed by atoms with Crippen LogP contribution < -0.4 is 0 Å². The summed E-state index contributed by atoms with van der Waals surface area (Å²) < 4.78 is 13.6. The van der Waals surface area contributed by atoms with E-state index in [1.165, 1.54) is 6.07 Å². The topological polar surface area (TPSA) is 66.0 Å². The van der Waals surface area contributed by atoms with Crippen LogP contribution in [0.3, 0.4) is 0 Å². The minimum Gasteiger partial charge on any atom is -0.478 e. The fourth-order valence-electron chi connectivity index (χ4n) is 1.88. The van der Waals surface area contributed by atoms with E-state index >= 15 is 0 Å². The van der Waals surface area contributed by atoms with Crippen LogP contribution in [0.5, 0.6) is 0 Å². The molecule has 0 atom stereocenters. The highest BCUT2D eigenvalue weighted by molar-refractivity contribution is 7.99. The normalized spacial score (nSPS) is 10.8. The molecule has 0 saturated heterocycles. The zero-order chi connectivity index (χ0) is 14.1. The summed E-state index contributed by atoms with van der Waals surface area (Å²) in [5, 5.41) is 9.61. The number of nitrogens with zero attached hydrogens (tertiary/aromatic N) is 1. The zero-order valence-electron chi connectivity index (χ0n) is 10.1. The second-order valence-corrected chi connectivity index (χ2v) is 5.11. The third-order valence-corrected chi connectivity index (χ3v) is 3.71. The summed E-state index contributed by atoms with van der Waals surface area (Å²) in [6, 6.07) is 11.6. The number of rotatable bonds is 3. The van der Waals surface area contributed by atoms with Crippen LogP contribution in [0.4, 0.5) is 4.39 Å². The second-order valence-electron chi connectivity index (χ2n) is 4.08. The highest BCUT2D eigenvalue weighted by Gasteiger charge is 2.17. The van der Waals surface area contributed by atoms with Crippen molar-refractivity contribution in [2.45, 2.75) is 10.1 Å². The summed E-state index contributed by atoms with van der Waals surface area (Å²) in [5.74, 6) is -2.04. The van der Waals surface area contributed by atoms with Crippen LogP contribution in [0.15, 0.2) is 52.5 Å². The number of imidazole rings is 1. The minimum absolute atomic E-state index is 0.316. The van der Waals surface area contributed by atoms with Crippen LogP contribution in [0, 0.1) is 5.82 Å². The van der Waals surface area contributed by atoms with Gasteiger partial charge in [-0.2, -0.15) is 0 Å². The first-order valence-electron chi connectivity index (χ1n) is 5.79. The number of aromatic nitrogens is 2. The van der Waals surface area contributed by atoms with Crippen molar-refractivity contribution in [2.75, 3.05) is 0 Å². The first kappa shape index (κ1) is 12.7. The third-order valence-electron chi connectivity index (χ3n) is 2.76. The van der Waals surface area contributed by atoms with Gasteiger partial charge in [0.1, 0.15) is 11.4 Å². The molecule has 0 saturated carbocycles. The third kappa shape index (κ3) is 2.25. The SMILES string of the molecule is O=C(O)c1c(F)cccc1Sc1nc2ccccc2[nH]1. The van der Waals surface area contributed by atoms with Crippen molar-refractivity contribution in [3.8, 4) is 0 Å². The van der Waals surface area contributed by atoms with Crippen LogP contribution in [0.1, 0.15) is 10.4 Å². The van der Waals surface area contributed by atoms with E-state index in [1.807, 2.05) is 24.3 Å². The molecular formula is C14H9FN2O2S. The number of halogens is 1. The van der Waals surface area contributed by atoms with Gasteiger partial charge in [0.25, 0.3) is 0 Å². The lowest BCUT2D eigenvalue weighted by atomic mass is 10.2. The summed E-state index contributed by atoms with van der Waals surface area (Å²) in [4.78, 5) is 18.8. The van der Waals surface area contributed by atoms with Crippen LogP contribution >= 0.6 is 11.8 Å². The molecular weight excluding hydrogens is 279 g/mol. The van der Waals surface area contributed by atoms with E-state index in [4.69, 9.17) is 5.11 Å². The Morgan fingerprint density at radius 2 is 2.00 bits per heavy atom. The molecule has 0 spiro atoms. The first-order valence-corrected chi connectivity index (χ1v) is 6.61. The van der Waals surface area contributed by atoms with Gasteiger partial charge in [0.05, 0.1) is 11.0 Å². The summed E-state index contributed by atoms with van der Waals surface area (Å²) >= 11 is 1.09. The Labute approximate surface area is 117 Å². The molecule has 0 aliphatic carbocycles. The van der Waals surface area contributed by atoms with Crippen molar-refractivity contribution in [1.29, 1.82) is 0 Å². The number of nitrogens with one attached hydrogen (secondary N) is 1. The Kier molecular flexibility index (Phi) is 3.15. The van der Waals surface area contributed by atoms with E-state index in [1.54, 1.807) is 6.07 Å². The van der Waals surface area contributed by atoms with Crippen LogP contribution in [-0.4, -0.2) is 21.0 Å². The van der Waals surface area contributed by atoms with E-state index in [0.29, 0.717) is 10.1 Å². The molecule has 0 bridgehead atoms. The number of carboxylic acid groups (broad SMARTS) is 1. The van der Waals surface area contributed by atoms with E-state index in [-0.39, 0.29) is 5.56 Å². The maximum atomic E-state index is 13.6. The van der Waals surface area contributed by atoms with Gasteiger partial charge in [-0.1, -0.05) is 30.0 Å². The molecule has 0 unspecified atom stereocenters. The highest BCUT2D eigenvalue weighted by Crippen LogP contribution is 2.31. The molecule has 3 rings (SSSR count). The number of H-pyrrole nitrogens is 1. The molecule has 0 fully saturated rings. The van der Waals surface area contributed by atoms with Crippen LogP contribution in [-0.2, 0) is 0 Å². The Bertz CT molecular complexity index is 768. The minimum atomic E-state index is -1.29. The highest BCUT2D eigenvalue weighted by atomic mass is 32.2. The molecule has 0 aliphatic rings. The predicted molar refractivity (Wildman–Crippen MR) is 73.6 cm³/mol. The van der Waals surface area contributed by atoms with Gasteiger partial charge < -0.3 is 10.1 Å². The molecule has 0 radical (unpaired) electrons. The van der Waals surface area contributed by atoms with Crippen molar-refractivity contribution < 1.29 is 14.3 Å². The van der Waals surface area contributed by atoms with Crippen molar-refractivity contribution in [3.05, 3.63) is 53.8 Å². The van der Waals surface area contributed by atoms with Gasteiger partial charge >= 0.3 is 5.97 Å². The largest absolute Gasteiger partial charge is 0.478 e. The van der Waals surface area contributed by atoms with Crippen LogP contribution in [0.2, 0.25) is 0 Å². The second kappa shape index (κ2) is 4.97. The molecule has 100 valence electrons. The molecule has 3 aromatic rings. The number of aromatic carboxylic acids is 1. The summed E-state index contributed by atoms with van der Waals surface area (Å²) in [7, 11) is 0. The fourth-order valence-corrected chi connectivity index (χ4v) is 2.83. The monoisotopic (exact) mass is 288 g/mol. The fraction of sp³-hybridized carbons (Fsp3) is 0. The molecule has 20 heavy (non-hydrogen) atoms. The lowest BCUT2D eigenvalue weighted by Gasteiger charge is -2.04. The number of carbonyl (C=O) groups is 1. The smallest absolute Gasteiger partial charge is 0.339 e. The Morgan fingerprint density at radius 3 is 2.75 bits per heavy atom. The average Bonchev–Trinajstić information content (AvgIpc) is 2.80. The molecule has 2 N–H and O–H groups in total. The predicted octanol–water partition coefficient (Wildman–Crippen LogP) is 3.55. The number of carboxylic acids is 1. The quantitative estimate of drug-likeness (QED) is 0.773. The van der Waals surface area contributed by atoms with Gasteiger partial charge in [0.15, 0.2) is 5.16 Å². The van der Waals surface area contributed by atoms with E-state index in [9.17, 15) is 9.18 Å². The first-order chi connectivity index (χ1) is 9.65. The van der Waals surface area contributed by atoms with Crippen molar-refractivity contribution in [3.63, 3.8) is 0 Å². The van der Waals surface area contributed by atoms with Gasteiger partial charge in [-0.25, -0.2) is 14.2 Å². The van der Waals surface area contributed by atoms with Gasteiger partial charge in [0.2, 0.25) is 0 Å². The Morgan fingerprint density at radius 1 is 1.20 bits per heavy atom. The number of para-hydroxylation sites is 2. The molecule has 0 amide bonds.